The van der Waals surface area contributed by atoms with E-state index in [9.17, 15) is 14.7 Å². The molecule has 0 aromatic rings. The molecule has 0 radical (unpaired) electrons. The molecule has 0 fully saturated rings. The molecule has 0 amide bonds. The highest BCUT2D eigenvalue weighted by Gasteiger charge is 2.50. The molecule has 1 heterocycles. The number of esters is 2. The molecular formula is C11H14O5. The van der Waals surface area contributed by atoms with Crippen molar-refractivity contribution in [3.63, 3.8) is 0 Å². The molecule has 0 saturated heterocycles. The SMILES string of the molecule is C=CCC1=C(O)C(=O)OC1(C)C(=O)OCC. The minimum Gasteiger partial charge on any atom is -0.502 e. The lowest BCUT2D eigenvalue weighted by atomic mass is 9.93. The summed E-state index contributed by atoms with van der Waals surface area (Å²) in [5.74, 6) is -2.13. The van der Waals surface area contributed by atoms with Crippen LogP contribution in [0.5, 0.6) is 0 Å². The number of hydrogen-bond donors (Lipinski definition) is 1. The Hall–Kier alpha value is -1.78. The fraction of sp³-hybridized carbons (Fsp3) is 0.455. The Balaban J connectivity index is 3.09. The molecule has 0 aliphatic carbocycles. The van der Waals surface area contributed by atoms with Crippen molar-refractivity contribution < 1.29 is 24.2 Å². The van der Waals surface area contributed by atoms with Crippen molar-refractivity contribution >= 4 is 11.9 Å². The quantitative estimate of drug-likeness (QED) is 0.577. The monoisotopic (exact) mass is 226 g/mol. The molecule has 1 rings (SSSR count). The molecule has 0 aromatic heterocycles. The molecule has 5 nitrogen and oxygen atoms in total. The number of allylic oxidation sites excluding steroid dienone is 1. The van der Waals surface area contributed by atoms with Gasteiger partial charge in [-0.3, -0.25) is 0 Å². The number of carbonyl (C=O) groups is 2. The fourth-order valence-corrected chi connectivity index (χ4v) is 1.51. The number of carbonyl (C=O) groups excluding carboxylic acids is 2. The predicted octanol–water partition coefficient (Wildman–Crippen LogP) is 1.25. The zero-order valence-corrected chi connectivity index (χ0v) is 9.28. The van der Waals surface area contributed by atoms with Gasteiger partial charge in [-0.15, -0.1) is 6.58 Å². The Kier molecular flexibility index (Phi) is 3.37. The topological polar surface area (TPSA) is 72.8 Å². The summed E-state index contributed by atoms with van der Waals surface area (Å²) in [6.45, 7) is 6.71. The second-order valence-electron chi connectivity index (χ2n) is 3.46. The first-order valence-electron chi connectivity index (χ1n) is 4.91. The molecule has 1 unspecified atom stereocenters. The minimum atomic E-state index is -1.54. The van der Waals surface area contributed by atoms with Gasteiger partial charge in [-0.25, -0.2) is 9.59 Å². The van der Waals surface area contributed by atoms with Crippen LogP contribution in [0.25, 0.3) is 0 Å². The molecule has 0 bridgehead atoms. The van der Waals surface area contributed by atoms with Crippen molar-refractivity contribution in [3.05, 3.63) is 24.0 Å². The van der Waals surface area contributed by atoms with Crippen LogP contribution in [0, 0.1) is 0 Å². The van der Waals surface area contributed by atoms with Gasteiger partial charge in [0.15, 0.2) is 0 Å². The minimum absolute atomic E-state index is 0.175. The Morgan fingerprint density at radius 1 is 1.69 bits per heavy atom. The largest absolute Gasteiger partial charge is 0.502 e. The third kappa shape index (κ3) is 1.80. The van der Waals surface area contributed by atoms with Crippen molar-refractivity contribution in [2.45, 2.75) is 25.9 Å². The van der Waals surface area contributed by atoms with Crippen LogP contribution >= 0.6 is 0 Å². The van der Waals surface area contributed by atoms with E-state index in [1.54, 1.807) is 6.92 Å². The van der Waals surface area contributed by atoms with Crippen LogP contribution in [-0.2, 0) is 19.1 Å². The second-order valence-corrected chi connectivity index (χ2v) is 3.46. The molecule has 5 heteroatoms. The van der Waals surface area contributed by atoms with E-state index in [0.29, 0.717) is 0 Å². The van der Waals surface area contributed by atoms with Gasteiger partial charge in [0, 0.05) is 5.57 Å². The van der Waals surface area contributed by atoms with Crippen LogP contribution < -0.4 is 0 Å². The molecule has 88 valence electrons. The van der Waals surface area contributed by atoms with Gasteiger partial charge in [-0.05, 0) is 20.3 Å². The second kappa shape index (κ2) is 4.38. The third-order valence-corrected chi connectivity index (χ3v) is 2.37. The lowest BCUT2D eigenvalue weighted by Gasteiger charge is -2.22. The van der Waals surface area contributed by atoms with Crippen LogP contribution in [0.3, 0.4) is 0 Å². The van der Waals surface area contributed by atoms with Gasteiger partial charge in [0.05, 0.1) is 6.61 Å². The van der Waals surface area contributed by atoms with Gasteiger partial charge in [0.1, 0.15) is 0 Å². The zero-order chi connectivity index (χ0) is 12.3. The number of hydrogen-bond acceptors (Lipinski definition) is 5. The first-order chi connectivity index (χ1) is 7.47. The summed E-state index contributed by atoms with van der Waals surface area (Å²) in [4.78, 5) is 22.9. The molecule has 1 aliphatic rings. The molecule has 1 atom stereocenters. The summed E-state index contributed by atoms with van der Waals surface area (Å²) >= 11 is 0. The fourth-order valence-electron chi connectivity index (χ4n) is 1.51. The van der Waals surface area contributed by atoms with E-state index in [1.807, 2.05) is 0 Å². The van der Waals surface area contributed by atoms with Crippen LogP contribution in [0.15, 0.2) is 24.0 Å². The average Bonchev–Trinajstić information content (AvgIpc) is 2.44. The highest BCUT2D eigenvalue weighted by Crippen LogP contribution is 2.35. The van der Waals surface area contributed by atoms with Gasteiger partial charge >= 0.3 is 11.9 Å². The summed E-state index contributed by atoms with van der Waals surface area (Å²) in [7, 11) is 0. The average molecular weight is 226 g/mol. The highest BCUT2D eigenvalue weighted by molar-refractivity contribution is 5.98. The summed E-state index contributed by atoms with van der Waals surface area (Å²) in [6, 6.07) is 0. The van der Waals surface area contributed by atoms with Crippen LogP contribution in [0.2, 0.25) is 0 Å². The van der Waals surface area contributed by atoms with Gasteiger partial charge < -0.3 is 14.6 Å². The highest BCUT2D eigenvalue weighted by atomic mass is 16.6. The van der Waals surface area contributed by atoms with Gasteiger partial charge in [0.2, 0.25) is 11.4 Å². The third-order valence-electron chi connectivity index (χ3n) is 2.37. The van der Waals surface area contributed by atoms with Gasteiger partial charge in [0.25, 0.3) is 0 Å². The van der Waals surface area contributed by atoms with Crippen molar-refractivity contribution in [1.82, 2.24) is 0 Å². The maximum absolute atomic E-state index is 11.7. The number of rotatable bonds is 4. The maximum atomic E-state index is 11.7. The molecule has 1 N–H and O–H groups in total. The van der Waals surface area contributed by atoms with E-state index >= 15 is 0 Å². The lowest BCUT2D eigenvalue weighted by molar-refractivity contribution is -0.171. The van der Waals surface area contributed by atoms with E-state index in [2.05, 4.69) is 6.58 Å². The standard InChI is InChI=1S/C11H14O5/c1-4-6-7-8(12)9(13)16-11(7,3)10(14)15-5-2/h4,12H,1,5-6H2,2-3H3. The normalized spacial score (nSPS) is 24.2. The van der Waals surface area contributed by atoms with Gasteiger partial charge in [-0.1, -0.05) is 6.08 Å². The molecular weight excluding hydrogens is 212 g/mol. The molecule has 1 aliphatic heterocycles. The van der Waals surface area contributed by atoms with E-state index in [0.717, 1.165) is 0 Å². The summed E-state index contributed by atoms with van der Waals surface area (Å²) in [5.41, 5.74) is -1.35. The number of ether oxygens (including phenoxy) is 2. The number of aliphatic hydroxyl groups is 1. The zero-order valence-electron chi connectivity index (χ0n) is 9.28. The Labute approximate surface area is 93.3 Å². The van der Waals surface area contributed by atoms with Crippen molar-refractivity contribution in [3.8, 4) is 0 Å². The first-order valence-corrected chi connectivity index (χ1v) is 4.91. The van der Waals surface area contributed by atoms with Gasteiger partial charge in [-0.2, -0.15) is 0 Å². The first kappa shape index (κ1) is 12.3. The smallest absolute Gasteiger partial charge is 0.374 e. The summed E-state index contributed by atoms with van der Waals surface area (Å²) < 4.78 is 9.66. The van der Waals surface area contributed by atoms with Crippen LogP contribution in [0.1, 0.15) is 20.3 Å². The van der Waals surface area contributed by atoms with E-state index in [1.165, 1.54) is 13.0 Å². The Bertz CT molecular complexity index is 369. The van der Waals surface area contributed by atoms with Crippen LogP contribution in [0.4, 0.5) is 0 Å². The van der Waals surface area contributed by atoms with Crippen molar-refractivity contribution in [1.29, 1.82) is 0 Å². The summed E-state index contributed by atoms with van der Waals surface area (Å²) in [6.07, 6.45) is 1.66. The van der Waals surface area contributed by atoms with Crippen molar-refractivity contribution in [2.24, 2.45) is 0 Å². The van der Waals surface area contributed by atoms with Crippen molar-refractivity contribution in [2.75, 3.05) is 6.61 Å². The lowest BCUT2D eigenvalue weighted by Crippen LogP contribution is -2.39. The van der Waals surface area contributed by atoms with E-state index in [-0.39, 0.29) is 18.6 Å². The molecule has 0 aromatic carbocycles. The maximum Gasteiger partial charge on any atom is 0.374 e. The molecule has 0 saturated carbocycles. The molecule has 16 heavy (non-hydrogen) atoms. The predicted molar refractivity (Wildman–Crippen MR) is 55.6 cm³/mol. The van der Waals surface area contributed by atoms with Crippen LogP contribution in [-0.4, -0.2) is 29.3 Å². The summed E-state index contributed by atoms with van der Waals surface area (Å²) in [5, 5.41) is 9.49. The van der Waals surface area contributed by atoms with E-state index in [4.69, 9.17) is 9.47 Å². The number of aliphatic hydroxyl groups excluding tert-OH is 1. The molecule has 0 spiro atoms. The van der Waals surface area contributed by atoms with E-state index < -0.39 is 23.3 Å². The Morgan fingerprint density at radius 3 is 2.81 bits per heavy atom. The Morgan fingerprint density at radius 2 is 2.31 bits per heavy atom. The number of cyclic esters (lactones) is 1.